The van der Waals surface area contributed by atoms with Crippen molar-refractivity contribution in [1.82, 2.24) is 5.32 Å². The molecule has 0 aromatic heterocycles. The van der Waals surface area contributed by atoms with Crippen LogP contribution in [0.4, 0.5) is 0 Å². The van der Waals surface area contributed by atoms with Crippen LogP contribution >= 0.6 is 0 Å². The third-order valence-electron chi connectivity index (χ3n) is 0.682. The van der Waals surface area contributed by atoms with Crippen LogP contribution in [0.25, 0.3) is 0 Å². The molecule has 0 aliphatic carbocycles. The van der Waals surface area contributed by atoms with Crippen molar-refractivity contribution in [2.75, 3.05) is 6.61 Å². The molecule has 0 spiro atoms. The number of amides is 1. The molecule has 1 amide bonds. The van der Waals surface area contributed by atoms with Crippen LogP contribution in [-0.2, 0) is 9.63 Å². The van der Waals surface area contributed by atoms with Crippen molar-refractivity contribution in [2.24, 2.45) is 5.90 Å². The molecule has 10 heavy (non-hydrogen) atoms. The molecule has 0 aliphatic heterocycles. The smallest absolute Gasteiger partial charge is 0.259 e. The Balaban J connectivity index is 3.39. The van der Waals surface area contributed by atoms with Crippen LogP contribution < -0.4 is 11.2 Å². The molecule has 0 atom stereocenters. The lowest BCUT2D eigenvalue weighted by Gasteiger charge is -1.92. The van der Waals surface area contributed by atoms with E-state index in [9.17, 15) is 4.79 Å². The van der Waals surface area contributed by atoms with Gasteiger partial charge in [-0.3, -0.25) is 14.9 Å². The molecule has 0 saturated carbocycles. The molecule has 0 aliphatic rings. The summed E-state index contributed by atoms with van der Waals surface area (Å²) in [5, 5.41) is 2.28. The molecule has 4 nitrogen and oxygen atoms in total. The molecular formula is C6H10N2O2. The minimum absolute atomic E-state index is 0.154. The standard InChI is InChI=1S/C6H10N2O2/c1-2-3-4-8-6(9)5-10-7/h2,5,7H2,1H3,(H,8,9). The van der Waals surface area contributed by atoms with Crippen LogP contribution in [0.3, 0.4) is 0 Å². The van der Waals surface area contributed by atoms with Crippen LogP contribution in [-0.4, -0.2) is 12.5 Å². The molecule has 0 heterocycles. The van der Waals surface area contributed by atoms with E-state index in [4.69, 9.17) is 0 Å². The van der Waals surface area contributed by atoms with Gasteiger partial charge in [0.1, 0.15) is 6.61 Å². The maximum atomic E-state index is 10.5. The van der Waals surface area contributed by atoms with Gasteiger partial charge in [0.2, 0.25) is 0 Å². The second-order valence-corrected chi connectivity index (χ2v) is 1.51. The zero-order chi connectivity index (χ0) is 7.82. The fraction of sp³-hybridized carbons (Fsp3) is 0.500. The second kappa shape index (κ2) is 6.08. The maximum absolute atomic E-state index is 10.5. The molecule has 0 bridgehead atoms. The maximum Gasteiger partial charge on any atom is 0.259 e. The van der Waals surface area contributed by atoms with Crippen LogP contribution in [0.15, 0.2) is 0 Å². The van der Waals surface area contributed by atoms with Crippen molar-refractivity contribution >= 4 is 5.91 Å². The summed E-state index contributed by atoms with van der Waals surface area (Å²) in [6, 6.07) is 2.43. The number of nitrogens with one attached hydrogen (secondary N) is 1. The van der Waals surface area contributed by atoms with Gasteiger partial charge in [-0.05, 0) is 0 Å². The summed E-state index contributed by atoms with van der Waals surface area (Å²) in [7, 11) is 0. The van der Waals surface area contributed by atoms with Crippen LogP contribution in [0.5, 0.6) is 0 Å². The Morgan fingerprint density at radius 3 is 3.00 bits per heavy atom. The highest BCUT2D eigenvalue weighted by Gasteiger charge is 1.93. The van der Waals surface area contributed by atoms with E-state index in [1.165, 1.54) is 0 Å². The lowest BCUT2D eigenvalue weighted by atomic mass is 10.5. The fourth-order valence-corrected chi connectivity index (χ4v) is 0.314. The number of rotatable bonds is 2. The summed E-state index contributed by atoms with van der Waals surface area (Å²) >= 11 is 0. The van der Waals surface area contributed by atoms with E-state index in [1.807, 2.05) is 6.92 Å². The number of hydrogen-bond acceptors (Lipinski definition) is 3. The average Bonchev–Trinajstić information content (AvgIpc) is 1.89. The monoisotopic (exact) mass is 142 g/mol. The van der Waals surface area contributed by atoms with Gasteiger partial charge in [-0.1, -0.05) is 12.8 Å². The third-order valence-corrected chi connectivity index (χ3v) is 0.682. The fourth-order valence-electron chi connectivity index (χ4n) is 0.314. The number of hydrogen-bond donors (Lipinski definition) is 2. The lowest BCUT2D eigenvalue weighted by Crippen LogP contribution is -2.24. The van der Waals surface area contributed by atoms with E-state index in [2.05, 4.69) is 28.0 Å². The van der Waals surface area contributed by atoms with Gasteiger partial charge in [0.15, 0.2) is 0 Å². The Hall–Kier alpha value is -1.05. The molecule has 3 N–H and O–H groups in total. The van der Waals surface area contributed by atoms with E-state index in [0.717, 1.165) is 0 Å². The molecule has 0 unspecified atom stereocenters. The van der Waals surface area contributed by atoms with Crippen molar-refractivity contribution in [2.45, 2.75) is 13.3 Å². The lowest BCUT2D eigenvalue weighted by molar-refractivity contribution is -0.124. The summed E-state index contributed by atoms with van der Waals surface area (Å²) in [6.45, 7) is 1.73. The van der Waals surface area contributed by atoms with Gasteiger partial charge < -0.3 is 0 Å². The van der Waals surface area contributed by atoms with E-state index in [0.29, 0.717) is 6.42 Å². The zero-order valence-corrected chi connectivity index (χ0v) is 5.81. The molecule has 0 fully saturated rings. The number of nitrogens with two attached hydrogens (primary N) is 1. The van der Waals surface area contributed by atoms with Gasteiger partial charge in [0.05, 0.1) is 0 Å². The highest BCUT2D eigenvalue weighted by Crippen LogP contribution is 1.66. The highest BCUT2D eigenvalue weighted by molar-refractivity contribution is 5.78. The molecule has 0 radical (unpaired) electrons. The first-order valence-corrected chi connectivity index (χ1v) is 2.89. The first-order chi connectivity index (χ1) is 4.81. The second-order valence-electron chi connectivity index (χ2n) is 1.51. The Kier molecular flexibility index (Phi) is 5.44. The van der Waals surface area contributed by atoms with E-state index in [1.54, 1.807) is 0 Å². The summed E-state index contributed by atoms with van der Waals surface area (Å²) in [6.07, 6.45) is 0.712. The summed E-state index contributed by atoms with van der Waals surface area (Å²) in [5.41, 5.74) is 0. The van der Waals surface area contributed by atoms with Gasteiger partial charge >= 0.3 is 0 Å². The van der Waals surface area contributed by atoms with E-state index >= 15 is 0 Å². The summed E-state index contributed by atoms with van der Waals surface area (Å²) < 4.78 is 0. The Morgan fingerprint density at radius 1 is 1.80 bits per heavy atom. The molecular weight excluding hydrogens is 132 g/mol. The quantitative estimate of drug-likeness (QED) is 0.306. The Morgan fingerprint density at radius 2 is 2.50 bits per heavy atom. The zero-order valence-electron chi connectivity index (χ0n) is 5.81. The number of carbonyl (C=O) groups is 1. The number of carbonyl (C=O) groups excluding carboxylic acids is 1. The Labute approximate surface area is 59.7 Å². The first kappa shape index (κ1) is 8.95. The van der Waals surface area contributed by atoms with Crippen molar-refractivity contribution < 1.29 is 9.63 Å². The molecule has 56 valence electrons. The van der Waals surface area contributed by atoms with Crippen molar-refractivity contribution in [1.29, 1.82) is 0 Å². The summed E-state index contributed by atoms with van der Waals surface area (Å²) in [4.78, 5) is 14.6. The molecule has 0 aromatic carbocycles. The van der Waals surface area contributed by atoms with Crippen LogP contribution in [0, 0.1) is 12.0 Å². The van der Waals surface area contributed by atoms with Gasteiger partial charge in [0.25, 0.3) is 5.91 Å². The van der Waals surface area contributed by atoms with E-state index < -0.39 is 0 Å². The predicted octanol–water partition coefficient (Wildman–Crippen LogP) is -0.636. The molecule has 4 heteroatoms. The van der Waals surface area contributed by atoms with Crippen LogP contribution in [0.2, 0.25) is 0 Å². The minimum atomic E-state index is -0.330. The first-order valence-electron chi connectivity index (χ1n) is 2.89. The predicted molar refractivity (Wildman–Crippen MR) is 36.3 cm³/mol. The molecule has 0 saturated heterocycles. The summed E-state index contributed by atoms with van der Waals surface area (Å²) in [5.74, 6) is 6.95. The topological polar surface area (TPSA) is 64.3 Å². The molecule has 0 aromatic rings. The molecule has 0 rings (SSSR count). The van der Waals surface area contributed by atoms with Crippen molar-refractivity contribution in [3.63, 3.8) is 0 Å². The van der Waals surface area contributed by atoms with Crippen LogP contribution in [0.1, 0.15) is 13.3 Å². The van der Waals surface area contributed by atoms with Gasteiger partial charge in [-0.25, -0.2) is 5.90 Å². The normalized spacial score (nSPS) is 7.80. The van der Waals surface area contributed by atoms with Gasteiger partial charge in [-0.2, -0.15) is 0 Å². The largest absolute Gasteiger partial charge is 0.295 e. The van der Waals surface area contributed by atoms with Crippen molar-refractivity contribution in [3.05, 3.63) is 0 Å². The third kappa shape index (κ3) is 5.09. The highest BCUT2D eigenvalue weighted by atomic mass is 16.6. The van der Waals surface area contributed by atoms with Crippen molar-refractivity contribution in [3.8, 4) is 12.0 Å². The minimum Gasteiger partial charge on any atom is -0.295 e. The SMILES string of the molecule is CCC#CNC(=O)CON. The van der Waals surface area contributed by atoms with Gasteiger partial charge in [-0.15, -0.1) is 0 Å². The Bertz CT molecular complexity index is 157. The average molecular weight is 142 g/mol. The van der Waals surface area contributed by atoms with E-state index in [-0.39, 0.29) is 12.5 Å². The van der Waals surface area contributed by atoms with Gasteiger partial charge in [0, 0.05) is 12.5 Å².